The Balaban J connectivity index is 1.62. The van der Waals surface area contributed by atoms with Gasteiger partial charge in [0.25, 0.3) is 0 Å². The predicted octanol–water partition coefficient (Wildman–Crippen LogP) is 5.45. The van der Waals surface area contributed by atoms with Gasteiger partial charge < -0.3 is 14.9 Å². The van der Waals surface area contributed by atoms with E-state index in [0.717, 1.165) is 42.4 Å². The zero-order valence-electron chi connectivity index (χ0n) is 20.2. The fraction of sp³-hybridized carbons (Fsp3) is 0.345. The highest BCUT2D eigenvalue weighted by atomic mass is 16.4. The maximum Gasteiger partial charge on any atom is 0.306 e. The Labute approximate surface area is 205 Å². The quantitative estimate of drug-likeness (QED) is 0.272. The van der Waals surface area contributed by atoms with Crippen molar-refractivity contribution in [1.29, 1.82) is 0 Å². The van der Waals surface area contributed by atoms with Gasteiger partial charge in [0.05, 0.1) is 11.6 Å². The van der Waals surface area contributed by atoms with Crippen LogP contribution in [-0.4, -0.2) is 26.6 Å². The lowest BCUT2D eigenvalue weighted by atomic mass is 9.78. The Morgan fingerprint density at radius 3 is 2.31 bits per heavy atom. The molecule has 1 aliphatic rings. The van der Waals surface area contributed by atoms with Crippen LogP contribution in [-0.2, 0) is 11.8 Å². The van der Waals surface area contributed by atoms with Gasteiger partial charge in [-0.1, -0.05) is 53.7 Å². The van der Waals surface area contributed by atoms with Crippen LogP contribution in [0.5, 0.6) is 0 Å². The molecule has 1 aliphatic carbocycles. The van der Waals surface area contributed by atoms with Crippen molar-refractivity contribution in [3.8, 4) is 0 Å². The van der Waals surface area contributed by atoms with Crippen molar-refractivity contribution < 1.29 is 15.1 Å². The molecule has 2 aromatic carbocycles. The van der Waals surface area contributed by atoms with E-state index in [1.54, 1.807) is 19.3 Å². The highest BCUT2D eigenvalue weighted by molar-refractivity contribution is 6.00. The smallest absolute Gasteiger partial charge is 0.306 e. The first-order valence-electron chi connectivity index (χ1n) is 12.1. The van der Waals surface area contributed by atoms with Crippen LogP contribution in [0, 0.1) is 12.8 Å². The fourth-order valence-corrected chi connectivity index (χ4v) is 5.23. The van der Waals surface area contributed by atoms with E-state index in [1.807, 2.05) is 12.1 Å². The Kier molecular flexibility index (Phi) is 7.49. The largest absolute Gasteiger partial charge is 0.481 e. The third kappa shape index (κ3) is 5.53. The number of rotatable bonds is 7. The summed E-state index contributed by atoms with van der Waals surface area (Å²) in [6.45, 7) is 2.08. The van der Waals surface area contributed by atoms with E-state index < -0.39 is 5.97 Å². The van der Waals surface area contributed by atoms with Gasteiger partial charge in [-0.3, -0.25) is 9.59 Å². The fourth-order valence-electron chi connectivity index (χ4n) is 5.23. The maximum absolute atomic E-state index is 11.8. The lowest BCUT2D eigenvalue weighted by Gasteiger charge is -2.27. The first-order valence-corrected chi connectivity index (χ1v) is 12.1. The van der Waals surface area contributed by atoms with Gasteiger partial charge in [0.15, 0.2) is 0 Å². The molecule has 1 heterocycles. The molecule has 3 aromatic rings. The summed E-state index contributed by atoms with van der Waals surface area (Å²) in [7, 11) is 1.68. The van der Waals surface area contributed by atoms with E-state index >= 15 is 0 Å². The number of aromatic nitrogens is 1. The molecule has 4 rings (SSSR count). The normalized spacial score (nSPS) is 19.3. The average molecular weight is 473 g/mol. The second-order valence-electron chi connectivity index (χ2n) is 9.58. The molecule has 1 aromatic heterocycles. The summed E-state index contributed by atoms with van der Waals surface area (Å²) in [5.41, 5.74) is 5.79. The van der Waals surface area contributed by atoms with Crippen LogP contribution < -0.4 is 5.56 Å². The molecule has 0 aliphatic heterocycles. The van der Waals surface area contributed by atoms with Gasteiger partial charge in [-0.15, -0.1) is 0 Å². The maximum atomic E-state index is 11.8. The summed E-state index contributed by atoms with van der Waals surface area (Å²) in [4.78, 5) is 23.1. The molecule has 0 spiro atoms. The van der Waals surface area contributed by atoms with Crippen molar-refractivity contribution in [2.24, 2.45) is 18.1 Å². The standard InChI is InChI=1S/C29H32N2O4/c1-19-5-3-4-6-25(19)26(17-27(30-35)24-15-16-28(32)31(2)18-24)22-11-7-20(8-12-22)21-9-13-23(14-10-21)29(33)34/h3-8,11-12,15-16,18,21,23,26,35H,9-10,13-14,17H2,1-2H3,(H,33,34)/t21-,23+,26?. The van der Waals surface area contributed by atoms with Gasteiger partial charge in [-0.2, -0.15) is 0 Å². The number of pyridine rings is 1. The van der Waals surface area contributed by atoms with Crippen LogP contribution in [0.4, 0.5) is 0 Å². The molecule has 182 valence electrons. The minimum absolute atomic E-state index is 0.0314. The number of hydrogen-bond donors (Lipinski definition) is 2. The van der Waals surface area contributed by atoms with Gasteiger partial charge in [0.1, 0.15) is 0 Å². The van der Waals surface area contributed by atoms with E-state index in [-0.39, 0.29) is 17.4 Å². The number of hydrogen-bond acceptors (Lipinski definition) is 4. The molecule has 6 heteroatoms. The summed E-state index contributed by atoms with van der Waals surface area (Å²) < 4.78 is 1.48. The number of carbonyl (C=O) groups is 1. The van der Waals surface area contributed by atoms with E-state index in [1.165, 1.54) is 16.2 Å². The molecule has 6 nitrogen and oxygen atoms in total. The molecule has 1 atom stereocenters. The molecule has 0 saturated heterocycles. The van der Waals surface area contributed by atoms with Crippen molar-refractivity contribution in [3.63, 3.8) is 0 Å². The Hall–Kier alpha value is -3.67. The van der Waals surface area contributed by atoms with Gasteiger partial charge in [0, 0.05) is 37.2 Å². The van der Waals surface area contributed by atoms with Crippen molar-refractivity contribution >= 4 is 11.7 Å². The Morgan fingerprint density at radius 2 is 1.71 bits per heavy atom. The molecule has 0 amide bonds. The summed E-state index contributed by atoms with van der Waals surface area (Å²) >= 11 is 0. The van der Waals surface area contributed by atoms with Crippen LogP contribution in [0.1, 0.15) is 71.8 Å². The third-order valence-electron chi connectivity index (χ3n) is 7.39. The Bertz CT molecular complexity index is 1270. The molecule has 0 bridgehead atoms. The third-order valence-corrected chi connectivity index (χ3v) is 7.39. The zero-order valence-corrected chi connectivity index (χ0v) is 20.2. The molecule has 1 fully saturated rings. The number of aryl methyl sites for hydroxylation is 2. The first-order chi connectivity index (χ1) is 16.9. The van der Waals surface area contributed by atoms with Crippen LogP contribution >= 0.6 is 0 Å². The second kappa shape index (κ2) is 10.7. The SMILES string of the molecule is Cc1ccccc1C(CC(=NO)c1ccc(=O)n(C)c1)c1ccc([C@H]2CC[C@@H](C(=O)O)CC2)cc1. The van der Waals surface area contributed by atoms with Crippen LogP contribution in [0.25, 0.3) is 0 Å². The Morgan fingerprint density at radius 1 is 1.03 bits per heavy atom. The number of benzene rings is 2. The first kappa shape index (κ1) is 24.5. The zero-order chi connectivity index (χ0) is 24.9. The topological polar surface area (TPSA) is 91.9 Å². The highest BCUT2D eigenvalue weighted by Crippen LogP contribution is 2.37. The summed E-state index contributed by atoms with van der Waals surface area (Å²) in [6, 6.07) is 20.0. The van der Waals surface area contributed by atoms with E-state index in [0.29, 0.717) is 23.6 Å². The minimum atomic E-state index is -0.681. The number of aliphatic carboxylic acids is 1. The monoisotopic (exact) mass is 472 g/mol. The molecule has 1 saturated carbocycles. The van der Waals surface area contributed by atoms with E-state index in [2.05, 4.69) is 48.5 Å². The van der Waals surface area contributed by atoms with Gasteiger partial charge in [-0.05, 0) is 66.8 Å². The van der Waals surface area contributed by atoms with Crippen molar-refractivity contribution in [2.45, 2.75) is 50.9 Å². The van der Waals surface area contributed by atoms with Crippen LogP contribution in [0.2, 0.25) is 0 Å². The summed E-state index contributed by atoms with van der Waals surface area (Å²) in [6.07, 6.45) is 5.41. The van der Waals surface area contributed by atoms with Crippen LogP contribution in [0.3, 0.4) is 0 Å². The van der Waals surface area contributed by atoms with Gasteiger partial charge in [-0.25, -0.2) is 0 Å². The van der Waals surface area contributed by atoms with E-state index in [4.69, 9.17) is 0 Å². The molecule has 0 radical (unpaired) electrons. The summed E-state index contributed by atoms with van der Waals surface area (Å²) in [5.74, 6) is -0.544. The average Bonchev–Trinajstić information content (AvgIpc) is 2.87. The molecule has 35 heavy (non-hydrogen) atoms. The second-order valence-corrected chi connectivity index (χ2v) is 9.58. The predicted molar refractivity (Wildman–Crippen MR) is 136 cm³/mol. The molecular formula is C29H32N2O4. The number of nitrogens with zero attached hydrogens (tertiary/aromatic N) is 2. The molecule has 2 N–H and O–H groups in total. The van der Waals surface area contributed by atoms with Crippen LogP contribution in [0.15, 0.2) is 76.8 Å². The van der Waals surface area contributed by atoms with E-state index in [9.17, 15) is 19.9 Å². The van der Waals surface area contributed by atoms with Crippen molar-refractivity contribution in [3.05, 3.63) is 105 Å². The lowest BCUT2D eigenvalue weighted by molar-refractivity contribution is -0.142. The molecular weight excluding hydrogens is 440 g/mol. The number of carboxylic acids is 1. The summed E-state index contributed by atoms with van der Waals surface area (Å²) in [5, 5.41) is 22.8. The highest BCUT2D eigenvalue weighted by Gasteiger charge is 2.27. The minimum Gasteiger partial charge on any atom is -0.481 e. The number of carboxylic acid groups (broad SMARTS) is 1. The van der Waals surface area contributed by atoms with Crippen molar-refractivity contribution in [1.82, 2.24) is 4.57 Å². The lowest BCUT2D eigenvalue weighted by Crippen LogP contribution is -2.20. The van der Waals surface area contributed by atoms with Gasteiger partial charge in [0.2, 0.25) is 5.56 Å². The molecule has 1 unspecified atom stereocenters. The van der Waals surface area contributed by atoms with Gasteiger partial charge >= 0.3 is 5.97 Å². The number of oxime groups is 1. The van der Waals surface area contributed by atoms with Crippen molar-refractivity contribution in [2.75, 3.05) is 0 Å².